The predicted octanol–water partition coefficient (Wildman–Crippen LogP) is 3.47. The van der Waals surface area contributed by atoms with Crippen LogP contribution >= 0.6 is 0 Å². The zero-order chi connectivity index (χ0) is 13.2. The number of benzene rings is 1. The van der Waals surface area contributed by atoms with E-state index in [2.05, 4.69) is 20.8 Å². The zero-order valence-corrected chi connectivity index (χ0v) is 14.3. The van der Waals surface area contributed by atoms with E-state index >= 15 is 0 Å². The van der Waals surface area contributed by atoms with Gasteiger partial charge in [0.1, 0.15) is 0 Å². The Hall–Kier alpha value is 0.973. The molecular weight excluding hydrogens is 297 g/mol. The first-order chi connectivity index (χ1) is 7.41. The zero-order valence-electron chi connectivity index (χ0n) is 13.2. The van der Waals surface area contributed by atoms with E-state index in [9.17, 15) is 0 Å². The minimum Gasteiger partial charge on any atom is -0.0622 e. The topological polar surface area (TPSA) is 0 Å². The summed E-state index contributed by atoms with van der Waals surface area (Å²) >= 11 is -0.812. The normalized spacial score (nSPS) is 10.1. The van der Waals surface area contributed by atoms with Crippen molar-refractivity contribution in [3.05, 3.63) is 35.9 Å². The van der Waals surface area contributed by atoms with E-state index < -0.39 is 18.3 Å². The van der Waals surface area contributed by atoms with E-state index in [1.807, 2.05) is 38.1 Å². The van der Waals surface area contributed by atoms with Gasteiger partial charge in [-0.2, -0.15) is 0 Å². The van der Waals surface area contributed by atoms with Crippen LogP contribution < -0.4 is 0 Å². The third-order valence-corrected chi connectivity index (χ3v) is 1.58. The molecule has 0 aliphatic carbocycles. The molecule has 15 heavy (non-hydrogen) atoms. The molecule has 0 nitrogen and oxygen atoms in total. The second kappa shape index (κ2) is 13.0. The Kier molecular flexibility index (Phi) is 13.9. The van der Waals surface area contributed by atoms with Gasteiger partial charge in [-0.15, -0.1) is 0 Å². The van der Waals surface area contributed by atoms with E-state index in [4.69, 9.17) is 3.13 Å². The first-order valence-electron chi connectivity index (χ1n) is 5.97. The molecular formula is C12H22V3. The molecule has 1 aromatic rings. The maximum absolute atomic E-state index is 7.30. The monoisotopic (exact) mass is 325 g/mol. The van der Waals surface area contributed by atoms with Crippen LogP contribution in [0.5, 0.6) is 0 Å². The number of hydrogen-bond acceptors (Lipinski definition) is 0. The van der Waals surface area contributed by atoms with Crippen molar-refractivity contribution in [1.82, 2.24) is 0 Å². The molecule has 0 N–H and O–H groups in total. The summed E-state index contributed by atoms with van der Waals surface area (Å²) in [6, 6.07) is 8.28. The van der Waals surface area contributed by atoms with Crippen LogP contribution in [0.3, 0.4) is 0 Å². The SMILES string of the molecule is CC.[3H][V][3H].[3H]c1ccc(C(C)(C)C)cc1.[V].[V]. The Balaban J connectivity index is -0.000000124. The summed E-state index contributed by atoms with van der Waals surface area (Å²) in [6.07, 6.45) is 0. The smallest absolute Gasteiger partial charge is 0.0622 e. The second-order valence-electron chi connectivity index (χ2n) is 3.54. The third-order valence-electron chi connectivity index (χ3n) is 1.58. The largest absolute Gasteiger partial charge is 0.0623 e. The summed E-state index contributed by atoms with van der Waals surface area (Å²) in [5.41, 5.74) is 1.49. The quantitative estimate of drug-likeness (QED) is 0.685. The van der Waals surface area contributed by atoms with Crippen molar-refractivity contribution in [3.63, 3.8) is 0 Å². The van der Waals surface area contributed by atoms with E-state index in [1.165, 1.54) is 5.56 Å². The van der Waals surface area contributed by atoms with Crippen molar-refractivity contribution in [3.8, 4) is 0 Å². The molecule has 0 fully saturated rings. The first-order valence-corrected chi connectivity index (χ1v) is 4.57. The Morgan fingerprint density at radius 2 is 1.47 bits per heavy atom. The molecule has 0 aliphatic heterocycles. The molecule has 0 aromatic heterocycles. The van der Waals surface area contributed by atoms with Crippen LogP contribution in [0.1, 0.15) is 41.6 Å². The van der Waals surface area contributed by atoms with Gasteiger partial charge in [0.2, 0.25) is 0 Å². The van der Waals surface area contributed by atoms with Gasteiger partial charge >= 0.3 is 20.0 Å². The minimum atomic E-state index is -0.812. The molecule has 0 amide bonds. The molecule has 1 rings (SSSR count). The number of hydrogen-bond donors (Lipinski definition) is 0. The Labute approximate surface area is 134 Å². The molecule has 0 heterocycles. The summed E-state index contributed by atoms with van der Waals surface area (Å²) < 4.78 is 19.2. The Morgan fingerprint density at radius 3 is 1.73 bits per heavy atom. The average Bonchev–Trinajstić information content (AvgIpc) is 2.21. The molecule has 85 valence electrons. The first kappa shape index (κ1) is 16.0. The van der Waals surface area contributed by atoms with Crippen molar-refractivity contribution in [1.29, 1.82) is 1.76 Å². The molecule has 0 saturated carbocycles. The van der Waals surface area contributed by atoms with Crippen molar-refractivity contribution in [2.45, 2.75) is 40.0 Å². The molecule has 0 aliphatic rings. The van der Waals surface area contributed by atoms with Crippen molar-refractivity contribution >= 4 is 0 Å². The third kappa shape index (κ3) is 11.2. The molecule has 0 saturated heterocycles. The fourth-order valence-electron chi connectivity index (χ4n) is 0.887. The van der Waals surface area contributed by atoms with Crippen LogP contribution in [0.25, 0.3) is 0 Å². The van der Waals surface area contributed by atoms with Gasteiger partial charge in [0.15, 0.2) is 0 Å². The summed E-state index contributed by atoms with van der Waals surface area (Å²) in [4.78, 5) is 0. The van der Waals surface area contributed by atoms with Crippen molar-refractivity contribution in [2.75, 3.05) is 0 Å². The van der Waals surface area contributed by atoms with Crippen molar-refractivity contribution in [2.24, 2.45) is 0 Å². The summed E-state index contributed by atoms with van der Waals surface area (Å²) in [6.45, 7) is 10.5. The van der Waals surface area contributed by atoms with Gasteiger partial charge in [0.25, 0.3) is 0 Å². The van der Waals surface area contributed by atoms with Gasteiger partial charge in [-0.05, 0) is 11.0 Å². The van der Waals surface area contributed by atoms with Gasteiger partial charge in [-0.3, -0.25) is 0 Å². The van der Waals surface area contributed by atoms with Crippen LogP contribution in [0.4, 0.5) is 0 Å². The van der Waals surface area contributed by atoms with Crippen molar-refractivity contribution < 1.29 is 56.7 Å². The van der Waals surface area contributed by atoms with E-state index in [0.29, 0.717) is 6.04 Å². The summed E-state index contributed by atoms with van der Waals surface area (Å²) in [5.74, 6) is 0. The molecule has 0 unspecified atom stereocenters. The summed E-state index contributed by atoms with van der Waals surface area (Å²) in [5, 5.41) is 0. The van der Waals surface area contributed by atoms with Crippen LogP contribution in [0.15, 0.2) is 30.3 Å². The van der Waals surface area contributed by atoms with Gasteiger partial charge in [0.05, 0.1) is 1.37 Å². The van der Waals surface area contributed by atoms with Gasteiger partial charge < -0.3 is 0 Å². The molecule has 1 aromatic carbocycles. The summed E-state index contributed by atoms with van der Waals surface area (Å²) in [7, 11) is 0. The predicted molar refractivity (Wildman–Crippen MR) is 59.3 cm³/mol. The average molecular weight is 325 g/mol. The maximum Gasteiger partial charge on any atom is 0.0623 e. The van der Waals surface area contributed by atoms with Crippen LogP contribution in [-0.4, -0.2) is 1.76 Å². The fraction of sp³-hybridized carbons (Fsp3) is 0.500. The Morgan fingerprint density at radius 1 is 1.13 bits per heavy atom. The standard InChI is InChI=1S/C10H14.C2H6.3V.2H/c1-10(2,3)9-7-5-4-6-8-9;1-2;;;;;/h4-8H,1-3H3;1-2H3;;;;;/i4T;;;;;2*1+2. The molecule has 0 spiro atoms. The van der Waals surface area contributed by atoms with E-state index in [0.717, 1.165) is 0 Å². The van der Waals surface area contributed by atoms with Crippen LogP contribution in [-0.2, 0) is 60.8 Å². The van der Waals surface area contributed by atoms with Crippen LogP contribution in [0.2, 0.25) is 0 Å². The molecule has 3 heteroatoms. The van der Waals surface area contributed by atoms with E-state index in [1.54, 1.807) is 0 Å². The van der Waals surface area contributed by atoms with Gasteiger partial charge in [-0.1, -0.05) is 64.9 Å². The van der Waals surface area contributed by atoms with E-state index in [-0.39, 0.29) is 42.5 Å². The second-order valence-corrected chi connectivity index (χ2v) is 3.54. The Bertz CT molecular complexity index is 258. The fourth-order valence-corrected chi connectivity index (χ4v) is 0.887. The molecule has 0 atom stereocenters. The number of rotatable bonds is 0. The van der Waals surface area contributed by atoms with Crippen LogP contribution in [0, 0.1) is 0 Å². The van der Waals surface area contributed by atoms with Gasteiger partial charge in [0, 0.05) is 37.1 Å². The molecule has 2 radical (unpaired) electrons. The minimum absolute atomic E-state index is 0. The van der Waals surface area contributed by atoms with Gasteiger partial charge in [-0.25, -0.2) is 0 Å². The molecule has 0 bridgehead atoms. The maximum atomic E-state index is 7.30.